The van der Waals surface area contributed by atoms with Crippen LogP contribution < -0.4 is 5.32 Å². The zero-order valence-corrected chi connectivity index (χ0v) is 15.1. The minimum Gasteiger partial charge on any atom is -0.465 e. The lowest BCUT2D eigenvalue weighted by molar-refractivity contribution is -0.111. The molecule has 4 rings (SSSR count). The molecule has 0 saturated heterocycles. The van der Waals surface area contributed by atoms with Crippen molar-refractivity contribution in [2.24, 2.45) is 0 Å². The summed E-state index contributed by atoms with van der Waals surface area (Å²) >= 11 is 1.46. The van der Waals surface area contributed by atoms with Crippen molar-refractivity contribution >= 4 is 28.5 Å². The smallest absolute Gasteiger partial charge is 0.250 e. The summed E-state index contributed by atoms with van der Waals surface area (Å²) in [4.78, 5) is 17.9. The number of hydrogen-bond donors (Lipinski definition) is 1. The summed E-state index contributed by atoms with van der Waals surface area (Å²) in [6.07, 6.45) is 4.63. The van der Waals surface area contributed by atoms with Crippen LogP contribution >= 0.6 is 11.3 Å². The standard InChI is InChI=1S/C22H16N2O2S/c25-19(14-13-18-12-7-15-26-18)23-22-24-20(16-8-3-1-4-9-16)21(27-22)17-10-5-2-6-11-17/h1-15H,(H,23,24,25)/b14-13+. The molecule has 0 atom stereocenters. The van der Waals surface area contributed by atoms with Gasteiger partial charge in [-0.25, -0.2) is 4.98 Å². The number of carbonyl (C=O) groups is 1. The Morgan fingerprint density at radius 2 is 1.63 bits per heavy atom. The monoisotopic (exact) mass is 372 g/mol. The summed E-state index contributed by atoms with van der Waals surface area (Å²) < 4.78 is 5.19. The zero-order valence-electron chi connectivity index (χ0n) is 14.3. The van der Waals surface area contributed by atoms with Crippen molar-refractivity contribution in [1.82, 2.24) is 4.98 Å². The lowest BCUT2D eigenvalue weighted by Gasteiger charge is -2.02. The number of amides is 1. The van der Waals surface area contributed by atoms with Crippen LogP contribution in [0.15, 0.2) is 89.6 Å². The van der Waals surface area contributed by atoms with E-state index in [1.807, 2.05) is 60.7 Å². The summed E-state index contributed by atoms with van der Waals surface area (Å²) in [6, 6.07) is 23.6. The average Bonchev–Trinajstić information content (AvgIpc) is 3.38. The SMILES string of the molecule is O=C(/C=C/c1ccco1)Nc1nc(-c2ccccc2)c(-c2ccccc2)s1. The van der Waals surface area contributed by atoms with Gasteiger partial charge in [-0.3, -0.25) is 10.1 Å². The van der Waals surface area contributed by atoms with Gasteiger partial charge in [0.1, 0.15) is 5.76 Å². The number of anilines is 1. The predicted molar refractivity (Wildman–Crippen MR) is 109 cm³/mol. The highest BCUT2D eigenvalue weighted by atomic mass is 32.1. The molecule has 0 fully saturated rings. The maximum atomic E-state index is 12.2. The molecule has 1 amide bonds. The Hall–Kier alpha value is -3.44. The van der Waals surface area contributed by atoms with Gasteiger partial charge in [-0.2, -0.15) is 0 Å². The maximum Gasteiger partial charge on any atom is 0.250 e. The van der Waals surface area contributed by atoms with E-state index in [1.54, 1.807) is 24.5 Å². The fraction of sp³-hybridized carbons (Fsp3) is 0. The first-order chi connectivity index (χ1) is 13.3. The topological polar surface area (TPSA) is 55.1 Å². The first kappa shape index (κ1) is 17.0. The molecule has 5 heteroatoms. The Kier molecular flexibility index (Phi) is 4.94. The molecule has 132 valence electrons. The van der Waals surface area contributed by atoms with Crippen LogP contribution in [0.1, 0.15) is 5.76 Å². The number of thiazole rings is 1. The van der Waals surface area contributed by atoms with E-state index in [0.717, 1.165) is 21.7 Å². The van der Waals surface area contributed by atoms with Crippen LogP contribution in [0.3, 0.4) is 0 Å². The second kappa shape index (κ2) is 7.85. The molecule has 0 bridgehead atoms. The Balaban J connectivity index is 1.64. The minimum absolute atomic E-state index is 0.251. The van der Waals surface area contributed by atoms with Gasteiger partial charge in [-0.1, -0.05) is 72.0 Å². The lowest BCUT2D eigenvalue weighted by Crippen LogP contribution is -2.07. The van der Waals surface area contributed by atoms with Crippen molar-refractivity contribution in [2.75, 3.05) is 5.32 Å². The van der Waals surface area contributed by atoms with E-state index in [0.29, 0.717) is 10.9 Å². The molecule has 0 radical (unpaired) electrons. The van der Waals surface area contributed by atoms with Gasteiger partial charge in [-0.05, 0) is 23.8 Å². The first-order valence-corrected chi connectivity index (χ1v) is 9.25. The van der Waals surface area contributed by atoms with Crippen LogP contribution in [0, 0.1) is 0 Å². The van der Waals surface area contributed by atoms with Crippen molar-refractivity contribution in [3.05, 3.63) is 90.9 Å². The highest BCUT2D eigenvalue weighted by Crippen LogP contribution is 2.38. The van der Waals surface area contributed by atoms with Crippen molar-refractivity contribution in [1.29, 1.82) is 0 Å². The van der Waals surface area contributed by atoms with E-state index in [-0.39, 0.29) is 5.91 Å². The third-order valence-electron chi connectivity index (χ3n) is 3.88. The summed E-state index contributed by atoms with van der Waals surface area (Å²) in [5, 5.41) is 3.40. The fourth-order valence-corrected chi connectivity index (χ4v) is 3.64. The molecule has 4 nitrogen and oxygen atoms in total. The molecule has 0 saturated carbocycles. The van der Waals surface area contributed by atoms with Crippen molar-refractivity contribution in [3.63, 3.8) is 0 Å². The normalized spacial score (nSPS) is 11.0. The fourth-order valence-electron chi connectivity index (χ4n) is 2.64. The summed E-state index contributed by atoms with van der Waals surface area (Å²) in [5.74, 6) is 0.374. The molecule has 0 aliphatic rings. The third-order valence-corrected chi connectivity index (χ3v) is 4.90. The molecule has 4 aromatic rings. The van der Waals surface area contributed by atoms with Crippen LogP contribution in [0.5, 0.6) is 0 Å². The van der Waals surface area contributed by atoms with Crippen LogP contribution in [-0.2, 0) is 4.79 Å². The van der Waals surface area contributed by atoms with Gasteiger partial charge in [0.15, 0.2) is 5.13 Å². The van der Waals surface area contributed by atoms with Crippen LogP contribution in [-0.4, -0.2) is 10.9 Å². The Labute approximate surface area is 160 Å². The van der Waals surface area contributed by atoms with Crippen molar-refractivity contribution < 1.29 is 9.21 Å². The van der Waals surface area contributed by atoms with Gasteiger partial charge in [0, 0.05) is 11.6 Å². The molecule has 2 heterocycles. The van der Waals surface area contributed by atoms with Crippen molar-refractivity contribution in [2.45, 2.75) is 0 Å². The molecule has 2 aromatic heterocycles. The molecule has 0 unspecified atom stereocenters. The largest absolute Gasteiger partial charge is 0.465 e. The van der Waals surface area contributed by atoms with Gasteiger partial charge >= 0.3 is 0 Å². The molecule has 2 aromatic carbocycles. The molecule has 27 heavy (non-hydrogen) atoms. The van der Waals surface area contributed by atoms with Gasteiger partial charge in [0.2, 0.25) is 5.91 Å². The number of rotatable bonds is 5. The number of benzene rings is 2. The Bertz CT molecular complexity index is 995. The third kappa shape index (κ3) is 4.04. The summed E-state index contributed by atoms with van der Waals surface area (Å²) in [5.41, 5.74) is 2.94. The van der Waals surface area contributed by atoms with Gasteiger partial charge < -0.3 is 4.42 Å². The molecular formula is C22H16N2O2S. The maximum absolute atomic E-state index is 12.2. The van der Waals surface area contributed by atoms with E-state index in [9.17, 15) is 4.79 Å². The molecule has 0 aliphatic heterocycles. The van der Waals surface area contributed by atoms with Gasteiger partial charge in [0.25, 0.3) is 0 Å². The first-order valence-electron chi connectivity index (χ1n) is 8.44. The van der Waals surface area contributed by atoms with E-state index < -0.39 is 0 Å². The van der Waals surface area contributed by atoms with Gasteiger partial charge in [0.05, 0.1) is 16.8 Å². The van der Waals surface area contributed by atoms with Crippen molar-refractivity contribution in [3.8, 4) is 21.7 Å². The average molecular weight is 372 g/mol. The molecule has 1 N–H and O–H groups in total. The van der Waals surface area contributed by atoms with E-state index in [2.05, 4.69) is 10.3 Å². The van der Waals surface area contributed by atoms with E-state index in [1.165, 1.54) is 17.4 Å². The van der Waals surface area contributed by atoms with E-state index >= 15 is 0 Å². The van der Waals surface area contributed by atoms with E-state index in [4.69, 9.17) is 4.42 Å². The Morgan fingerprint density at radius 1 is 0.926 bits per heavy atom. The highest BCUT2D eigenvalue weighted by Gasteiger charge is 2.15. The summed E-state index contributed by atoms with van der Waals surface area (Å²) in [6.45, 7) is 0. The quantitative estimate of drug-likeness (QED) is 0.456. The number of nitrogens with one attached hydrogen (secondary N) is 1. The minimum atomic E-state index is -0.251. The highest BCUT2D eigenvalue weighted by molar-refractivity contribution is 7.19. The number of nitrogens with zero attached hydrogens (tertiary/aromatic N) is 1. The number of furan rings is 1. The van der Waals surface area contributed by atoms with Crippen LogP contribution in [0.25, 0.3) is 27.8 Å². The van der Waals surface area contributed by atoms with Gasteiger partial charge in [-0.15, -0.1) is 0 Å². The second-order valence-corrected chi connectivity index (χ2v) is 6.77. The number of hydrogen-bond acceptors (Lipinski definition) is 4. The number of carbonyl (C=O) groups excluding carboxylic acids is 1. The summed E-state index contributed by atoms with van der Waals surface area (Å²) in [7, 11) is 0. The van der Waals surface area contributed by atoms with Crippen LogP contribution in [0.4, 0.5) is 5.13 Å². The molecule has 0 spiro atoms. The van der Waals surface area contributed by atoms with Crippen LogP contribution in [0.2, 0.25) is 0 Å². The zero-order chi connectivity index (χ0) is 18.5. The molecular weight excluding hydrogens is 356 g/mol. The second-order valence-electron chi connectivity index (χ2n) is 5.77. The molecule has 0 aliphatic carbocycles. The predicted octanol–water partition coefficient (Wildman–Crippen LogP) is 5.72. The lowest BCUT2D eigenvalue weighted by atomic mass is 10.1. The number of aromatic nitrogens is 1. The Morgan fingerprint density at radius 3 is 2.30 bits per heavy atom.